The van der Waals surface area contributed by atoms with Gasteiger partial charge in [-0.25, -0.2) is 18.4 Å². The van der Waals surface area contributed by atoms with Gasteiger partial charge in [-0.15, -0.1) is 0 Å². The van der Waals surface area contributed by atoms with Crippen molar-refractivity contribution in [1.29, 1.82) is 0 Å². The minimum absolute atomic E-state index is 0.148. The van der Waals surface area contributed by atoms with Crippen LogP contribution in [0.5, 0.6) is 0 Å². The molecule has 0 bridgehead atoms. The van der Waals surface area contributed by atoms with Crippen molar-refractivity contribution >= 4 is 33.2 Å². The lowest BCUT2D eigenvalue weighted by Crippen LogP contribution is -2.36. The SMILES string of the molecule is CCNc1cc(NC2(C)CCS(=O)(=O)C2)nc(SC)n1. The van der Waals surface area contributed by atoms with Crippen LogP contribution in [0.1, 0.15) is 20.3 Å². The molecule has 0 aliphatic carbocycles. The van der Waals surface area contributed by atoms with E-state index in [1.165, 1.54) is 11.8 Å². The summed E-state index contributed by atoms with van der Waals surface area (Å²) in [6.07, 6.45) is 2.51. The molecule has 0 aromatic carbocycles. The second kappa shape index (κ2) is 5.77. The van der Waals surface area contributed by atoms with Gasteiger partial charge in [0.25, 0.3) is 0 Å². The number of nitrogens with zero attached hydrogens (tertiary/aromatic N) is 2. The summed E-state index contributed by atoms with van der Waals surface area (Å²) in [6, 6.07) is 1.82. The van der Waals surface area contributed by atoms with Gasteiger partial charge in [-0.05, 0) is 26.5 Å². The Kier molecular flexibility index (Phi) is 4.43. The van der Waals surface area contributed by atoms with Crippen LogP contribution in [0.25, 0.3) is 0 Å². The number of hydrogen-bond donors (Lipinski definition) is 2. The number of aromatic nitrogens is 2. The van der Waals surface area contributed by atoms with E-state index in [2.05, 4.69) is 20.6 Å². The van der Waals surface area contributed by atoms with Gasteiger partial charge in [0, 0.05) is 12.6 Å². The Hall–Kier alpha value is -1.02. The highest BCUT2D eigenvalue weighted by Crippen LogP contribution is 2.28. The zero-order valence-electron chi connectivity index (χ0n) is 11.9. The van der Waals surface area contributed by atoms with E-state index < -0.39 is 15.4 Å². The molecule has 6 nitrogen and oxygen atoms in total. The molecule has 1 fully saturated rings. The van der Waals surface area contributed by atoms with E-state index in [0.29, 0.717) is 17.4 Å². The molecule has 0 saturated carbocycles. The summed E-state index contributed by atoms with van der Waals surface area (Å²) in [5, 5.41) is 7.08. The standard InChI is InChI=1S/C12H20N4O2S2/c1-4-13-9-7-10(15-11(14-9)19-3)16-12(2)5-6-20(17,18)8-12/h7H,4-6,8H2,1-3H3,(H2,13,14,15,16). The maximum Gasteiger partial charge on any atom is 0.191 e. The molecule has 2 rings (SSSR count). The number of rotatable bonds is 5. The third-order valence-corrected chi connectivity index (χ3v) is 5.63. The van der Waals surface area contributed by atoms with Crippen molar-refractivity contribution in [2.45, 2.75) is 31.0 Å². The van der Waals surface area contributed by atoms with Crippen molar-refractivity contribution in [3.05, 3.63) is 6.07 Å². The molecule has 20 heavy (non-hydrogen) atoms. The minimum atomic E-state index is -2.94. The molecule has 2 N–H and O–H groups in total. The number of anilines is 2. The van der Waals surface area contributed by atoms with Gasteiger partial charge >= 0.3 is 0 Å². The maximum atomic E-state index is 11.6. The molecular weight excluding hydrogens is 296 g/mol. The zero-order valence-corrected chi connectivity index (χ0v) is 13.6. The van der Waals surface area contributed by atoms with Crippen LogP contribution in [0, 0.1) is 0 Å². The molecule has 1 aromatic heterocycles. The fourth-order valence-corrected chi connectivity index (χ4v) is 4.74. The van der Waals surface area contributed by atoms with E-state index in [0.717, 1.165) is 12.4 Å². The first-order chi connectivity index (χ1) is 9.36. The summed E-state index contributed by atoms with van der Waals surface area (Å²) in [5.74, 6) is 1.80. The lowest BCUT2D eigenvalue weighted by atomic mass is 10.0. The van der Waals surface area contributed by atoms with Crippen LogP contribution in [0.15, 0.2) is 11.2 Å². The van der Waals surface area contributed by atoms with E-state index in [9.17, 15) is 8.42 Å². The number of thioether (sulfide) groups is 1. The van der Waals surface area contributed by atoms with Gasteiger partial charge in [0.2, 0.25) is 0 Å². The van der Waals surface area contributed by atoms with Crippen molar-refractivity contribution in [1.82, 2.24) is 9.97 Å². The molecule has 8 heteroatoms. The summed E-state index contributed by atoms with van der Waals surface area (Å²) in [6.45, 7) is 4.69. The van der Waals surface area contributed by atoms with Crippen molar-refractivity contribution in [3.8, 4) is 0 Å². The molecular formula is C12H20N4O2S2. The van der Waals surface area contributed by atoms with Gasteiger partial charge in [0.05, 0.1) is 17.0 Å². The number of nitrogens with one attached hydrogen (secondary N) is 2. The van der Waals surface area contributed by atoms with Crippen molar-refractivity contribution < 1.29 is 8.42 Å². The molecule has 1 aromatic rings. The van der Waals surface area contributed by atoms with Crippen LogP contribution in [0.3, 0.4) is 0 Å². The third-order valence-electron chi connectivity index (χ3n) is 3.18. The van der Waals surface area contributed by atoms with Gasteiger partial charge in [0.1, 0.15) is 11.6 Å². The molecule has 1 unspecified atom stereocenters. The van der Waals surface area contributed by atoms with Crippen molar-refractivity contribution in [3.63, 3.8) is 0 Å². The maximum absolute atomic E-state index is 11.6. The quantitative estimate of drug-likeness (QED) is 0.631. The van der Waals surface area contributed by atoms with Crippen LogP contribution in [0.2, 0.25) is 0 Å². The highest BCUT2D eigenvalue weighted by atomic mass is 32.2. The molecule has 1 aliphatic rings. The minimum Gasteiger partial charge on any atom is -0.370 e. The Labute approximate surface area is 124 Å². The highest BCUT2D eigenvalue weighted by molar-refractivity contribution is 7.98. The van der Waals surface area contributed by atoms with E-state index in [4.69, 9.17) is 0 Å². The first-order valence-corrected chi connectivity index (χ1v) is 9.56. The van der Waals surface area contributed by atoms with E-state index >= 15 is 0 Å². The number of hydrogen-bond acceptors (Lipinski definition) is 7. The number of sulfone groups is 1. The molecule has 0 radical (unpaired) electrons. The average Bonchev–Trinajstić information content (AvgIpc) is 2.63. The highest BCUT2D eigenvalue weighted by Gasteiger charge is 2.38. The fraction of sp³-hybridized carbons (Fsp3) is 0.667. The lowest BCUT2D eigenvalue weighted by Gasteiger charge is -2.25. The Morgan fingerprint density at radius 2 is 2.10 bits per heavy atom. The summed E-state index contributed by atoms with van der Waals surface area (Å²) in [7, 11) is -2.94. The monoisotopic (exact) mass is 316 g/mol. The van der Waals surface area contributed by atoms with Gasteiger partial charge in [-0.3, -0.25) is 0 Å². The van der Waals surface area contributed by atoms with E-state index in [-0.39, 0.29) is 11.5 Å². The lowest BCUT2D eigenvalue weighted by molar-refractivity contribution is 0.571. The third kappa shape index (κ3) is 3.76. The fourth-order valence-electron chi connectivity index (χ4n) is 2.27. The molecule has 0 spiro atoms. The predicted molar refractivity (Wildman–Crippen MR) is 83.3 cm³/mol. The Bertz CT molecular complexity index is 591. The van der Waals surface area contributed by atoms with Crippen LogP contribution in [-0.2, 0) is 9.84 Å². The summed E-state index contributed by atoms with van der Waals surface area (Å²) >= 11 is 1.46. The summed E-state index contributed by atoms with van der Waals surface area (Å²) < 4.78 is 23.3. The first kappa shape index (κ1) is 15.4. The van der Waals surface area contributed by atoms with Crippen LogP contribution < -0.4 is 10.6 Å². The predicted octanol–water partition coefficient (Wildman–Crippen LogP) is 1.62. The summed E-state index contributed by atoms with van der Waals surface area (Å²) in [4.78, 5) is 8.75. The van der Waals surface area contributed by atoms with E-state index in [1.807, 2.05) is 26.2 Å². The second-order valence-electron chi connectivity index (χ2n) is 5.18. The molecule has 2 heterocycles. The van der Waals surface area contributed by atoms with Crippen molar-refractivity contribution in [2.75, 3.05) is 34.9 Å². The summed E-state index contributed by atoms with van der Waals surface area (Å²) in [5.41, 5.74) is -0.452. The molecule has 0 amide bonds. The van der Waals surface area contributed by atoms with Crippen LogP contribution >= 0.6 is 11.8 Å². The first-order valence-electron chi connectivity index (χ1n) is 6.51. The van der Waals surface area contributed by atoms with Gasteiger partial charge in [-0.2, -0.15) is 0 Å². The smallest absolute Gasteiger partial charge is 0.191 e. The van der Waals surface area contributed by atoms with Crippen LogP contribution in [0.4, 0.5) is 11.6 Å². The largest absolute Gasteiger partial charge is 0.370 e. The van der Waals surface area contributed by atoms with Crippen molar-refractivity contribution in [2.24, 2.45) is 0 Å². The second-order valence-corrected chi connectivity index (χ2v) is 8.14. The van der Waals surface area contributed by atoms with E-state index in [1.54, 1.807) is 0 Å². The molecule has 1 saturated heterocycles. The van der Waals surface area contributed by atoms with Crippen LogP contribution in [-0.4, -0.2) is 48.2 Å². The Morgan fingerprint density at radius 3 is 2.65 bits per heavy atom. The molecule has 1 atom stereocenters. The zero-order chi connectivity index (χ0) is 14.8. The average molecular weight is 316 g/mol. The Morgan fingerprint density at radius 1 is 1.40 bits per heavy atom. The van der Waals surface area contributed by atoms with Gasteiger partial charge in [-0.1, -0.05) is 11.8 Å². The topological polar surface area (TPSA) is 84.0 Å². The Balaban J connectivity index is 2.22. The molecule has 112 valence electrons. The van der Waals surface area contributed by atoms with Gasteiger partial charge < -0.3 is 10.6 Å². The normalized spacial score (nSPS) is 24.6. The molecule has 1 aliphatic heterocycles. The van der Waals surface area contributed by atoms with Gasteiger partial charge in [0.15, 0.2) is 15.0 Å².